The van der Waals surface area contributed by atoms with Crippen LogP contribution in [-0.4, -0.2) is 88.6 Å². The smallest absolute Gasteiger partial charge is 0.319 e. The molecule has 9 nitrogen and oxygen atoms in total. The highest BCUT2D eigenvalue weighted by molar-refractivity contribution is 5.94. The molecule has 1 saturated heterocycles. The molecule has 0 radical (unpaired) electrons. The molecule has 2 aromatic heterocycles. The van der Waals surface area contributed by atoms with Crippen LogP contribution in [0.1, 0.15) is 27.8 Å². The average Bonchev–Trinajstić information content (AvgIpc) is 3.22. The van der Waals surface area contributed by atoms with E-state index in [4.69, 9.17) is 0 Å². The van der Waals surface area contributed by atoms with E-state index in [1.807, 2.05) is 46.7 Å². The van der Waals surface area contributed by atoms with Crippen molar-refractivity contribution in [2.75, 3.05) is 47.3 Å². The molecule has 9 heteroatoms. The summed E-state index contributed by atoms with van der Waals surface area (Å²) >= 11 is 0. The van der Waals surface area contributed by atoms with Crippen LogP contribution in [0.3, 0.4) is 0 Å². The van der Waals surface area contributed by atoms with Crippen LogP contribution in [0.25, 0.3) is 5.65 Å². The zero-order valence-corrected chi connectivity index (χ0v) is 18.7. The molecule has 0 saturated carbocycles. The van der Waals surface area contributed by atoms with E-state index in [1.165, 1.54) is 5.56 Å². The van der Waals surface area contributed by atoms with E-state index in [9.17, 15) is 9.59 Å². The van der Waals surface area contributed by atoms with Crippen LogP contribution in [-0.2, 0) is 6.42 Å². The molecular formula is C23H29N7O2. The van der Waals surface area contributed by atoms with Gasteiger partial charge in [0.05, 0.1) is 11.6 Å². The molecule has 0 aliphatic carbocycles. The van der Waals surface area contributed by atoms with Gasteiger partial charge in [0.25, 0.3) is 5.91 Å². The molecule has 32 heavy (non-hydrogen) atoms. The lowest BCUT2D eigenvalue weighted by Gasteiger charge is -2.39. The minimum atomic E-state index is -0.135. The van der Waals surface area contributed by atoms with Crippen molar-refractivity contribution in [3.05, 3.63) is 65.6 Å². The molecule has 3 amide bonds. The van der Waals surface area contributed by atoms with Gasteiger partial charge in [-0.1, -0.05) is 30.3 Å². The topological polar surface area (TPSA) is 86.1 Å². The summed E-state index contributed by atoms with van der Waals surface area (Å²) in [5, 5.41) is 11.7. The van der Waals surface area contributed by atoms with Crippen molar-refractivity contribution in [3.63, 3.8) is 0 Å². The Morgan fingerprint density at radius 1 is 1.09 bits per heavy atom. The number of hydrogen-bond donors (Lipinski definition) is 1. The van der Waals surface area contributed by atoms with E-state index in [0.717, 1.165) is 18.8 Å². The van der Waals surface area contributed by atoms with E-state index in [1.54, 1.807) is 37.3 Å². The third-order valence-corrected chi connectivity index (χ3v) is 5.83. The van der Waals surface area contributed by atoms with Crippen LogP contribution in [0.5, 0.6) is 0 Å². The van der Waals surface area contributed by atoms with Crippen molar-refractivity contribution in [3.8, 4) is 0 Å². The normalized spacial score (nSPS) is 16.8. The number of nitrogens with one attached hydrogen (secondary N) is 1. The average molecular weight is 436 g/mol. The zero-order chi connectivity index (χ0) is 22.7. The Kier molecular flexibility index (Phi) is 6.36. The fraction of sp³-hybridized carbons (Fsp3) is 0.391. The molecule has 0 bridgehead atoms. The van der Waals surface area contributed by atoms with Crippen LogP contribution in [0.4, 0.5) is 4.79 Å². The first-order chi connectivity index (χ1) is 15.4. The molecular weight excluding hydrogens is 406 g/mol. The molecule has 4 rings (SSSR count). The van der Waals surface area contributed by atoms with E-state index in [-0.39, 0.29) is 18.0 Å². The molecule has 1 aromatic carbocycles. The largest absolute Gasteiger partial charge is 0.352 e. The van der Waals surface area contributed by atoms with Gasteiger partial charge in [-0.3, -0.25) is 14.1 Å². The number of carbonyl (C=O) groups excluding carboxylic acids is 2. The monoisotopic (exact) mass is 435 g/mol. The first-order valence-electron chi connectivity index (χ1n) is 10.8. The quantitative estimate of drug-likeness (QED) is 0.659. The van der Waals surface area contributed by atoms with Crippen molar-refractivity contribution in [2.45, 2.75) is 12.5 Å². The van der Waals surface area contributed by atoms with Crippen molar-refractivity contribution >= 4 is 17.6 Å². The second-order valence-corrected chi connectivity index (χ2v) is 8.32. The molecule has 1 fully saturated rings. The Hall–Kier alpha value is -3.46. The number of fused-ring (bicyclic) bond motifs is 1. The second-order valence-electron chi connectivity index (χ2n) is 8.32. The summed E-state index contributed by atoms with van der Waals surface area (Å²) in [6.07, 6.45) is 2.55. The van der Waals surface area contributed by atoms with Gasteiger partial charge in [0.15, 0.2) is 11.5 Å². The Bertz CT molecular complexity index is 1100. The number of aromatic nitrogens is 3. The molecule has 0 spiro atoms. The van der Waals surface area contributed by atoms with Crippen LogP contribution in [0, 0.1) is 0 Å². The van der Waals surface area contributed by atoms with Crippen LogP contribution in [0.2, 0.25) is 0 Å². The van der Waals surface area contributed by atoms with Crippen molar-refractivity contribution in [1.29, 1.82) is 0 Å². The number of benzene rings is 1. The molecule has 1 aliphatic heterocycles. The second kappa shape index (κ2) is 9.35. The summed E-state index contributed by atoms with van der Waals surface area (Å²) in [5.74, 6) is 0.585. The molecule has 3 heterocycles. The fourth-order valence-electron chi connectivity index (χ4n) is 3.95. The Labute approximate surface area is 187 Å². The number of likely N-dealkylation sites (N-methyl/N-ethyl adjacent to an activating group) is 1. The maximum atomic E-state index is 12.7. The van der Waals surface area contributed by atoms with Crippen molar-refractivity contribution in [1.82, 2.24) is 34.6 Å². The molecule has 1 N–H and O–H groups in total. The SMILES string of the molecule is CN(C)C(=O)N1CCN(C)[C@H](c2nnc3ccc(C(=O)NCCc4ccccc4)cn23)C1. The van der Waals surface area contributed by atoms with Gasteiger partial charge in [-0.15, -0.1) is 10.2 Å². The molecule has 1 atom stereocenters. The maximum Gasteiger partial charge on any atom is 0.319 e. The standard InChI is InChI=1S/C23H29N7O2/c1-27(2)23(32)29-14-13-28(3)19(16-29)21-26-25-20-10-9-18(15-30(20)21)22(31)24-12-11-17-7-5-4-6-8-17/h4-10,15,19H,11-14,16H2,1-3H3,(H,24,31)/t19-/m0/s1. The van der Waals surface area contributed by atoms with Gasteiger partial charge in [-0.25, -0.2) is 4.79 Å². The van der Waals surface area contributed by atoms with Gasteiger partial charge in [0.1, 0.15) is 0 Å². The molecule has 168 valence electrons. The number of piperazine rings is 1. The number of pyridine rings is 1. The summed E-state index contributed by atoms with van der Waals surface area (Å²) in [6.45, 7) is 2.47. The van der Waals surface area contributed by atoms with E-state index in [0.29, 0.717) is 30.8 Å². The summed E-state index contributed by atoms with van der Waals surface area (Å²) in [7, 11) is 5.53. The molecule has 0 unspecified atom stereocenters. The predicted molar refractivity (Wildman–Crippen MR) is 121 cm³/mol. The summed E-state index contributed by atoms with van der Waals surface area (Å²) in [5.41, 5.74) is 2.40. The third-order valence-electron chi connectivity index (χ3n) is 5.83. The third kappa shape index (κ3) is 4.57. The first kappa shape index (κ1) is 21.8. The van der Waals surface area contributed by atoms with Crippen LogP contribution >= 0.6 is 0 Å². The van der Waals surface area contributed by atoms with Crippen molar-refractivity contribution < 1.29 is 9.59 Å². The van der Waals surface area contributed by atoms with Gasteiger partial charge >= 0.3 is 6.03 Å². The van der Waals surface area contributed by atoms with E-state index in [2.05, 4.69) is 20.4 Å². The highest BCUT2D eigenvalue weighted by Gasteiger charge is 2.32. The van der Waals surface area contributed by atoms with E-state index >= 15 is 0 Å². The maximum absolute atomic E-state index is 12.7. The predicted octanol–water partition coefficient (Wildman–Crippen LogP) is 1.67. The number of carbonyl (C=O) groups is 2. The van der Waals surface area contributed by atoms with Crippen LogP contribution < -0.4 is 5.32 Å². The van der Waals surface area contributed by atoms with Gasteiger partial charge in [-0.2, -0.15) is 0 Å². The lowest BCUT2D eigenvalue weighted by Crippen LogP contribution is -2.52. The lowest BCUT2D eigenvalue weighted by atomic mass is 10.1. The minimum absolute atomic E-state index is 0.0181. The van der Waals surface area contributed by atoms with Gasteiger partial charge in [0.2, 0.25) is 0 Å². The Morgan fingerprint density at radius 3 is 2.62 bits per heavy atom. The molecule has 1 aliphatic rings. The van der Waals surface area contributed by atoms with Crippen molar-refractivity contribution in [2.24, 2.45) is 0 Å². The Balaban J connectivity index is 1.50. The molecule has 3 aromatic rings. The number of amides is 3. The highest BCUT2D eigenvalue weighted by Crippen LogP contribution is 2.24. The number of nitrogens with zero attached hydrogens (tertiary/aromatic N) is 6. The Morgan fingerprint density at radius 2 is 1.88 bits per heavy atom. The van der Waals surface area contributed by atoms with Gasteiger partial charge in [0, 0.05) is 46.5 Å². The summed E-state index contributed by atoms with van der Waals surface area (Å²) < 4.78 is 1.86. The van der Waals surface area contributed by atoms with Gasteiger partial charge in [-0.05, 0) is 31.2 Å². The fourth-order valence-corrected chi connectivity index (χ4v) is 3.95. The minimum Gasteiger partial charge on any atom is -0.352 e. The van der Waals surface area contributed by atoms with Gasteiger partial charge < -0.3 is 15.1 Å². The first-order valence-corrected chi connectivity index (χ1v) is 10.8. The summed E-state index contributed by atoms with van der Waals surface area (Å²) in [6, 6.07) is 13.5. The lowest BCUT2D eigenvalue weighted by molar-refractivity contribution is 0.0933. The number of rotatable bonds is 5. The number of hydrogen-bond acceptors (Lipinski definition) is 5. The van der Waals surface area contributed by atoms with E-state index < -0.39 is 0 Å². The number of urea groups is 1. The van der Waals surface area contributed by atoms with Crippen LogP contribution in [0.15, 0.2) is 48.7 Å². The zero-order valence-electron chi connectivity index (χ0n) is 18.7. The highest BCUT2D eigenvalue weighted by atomic mass is 16.2. The summed E-state index contributed by atoms with van der Waals surface area (Å²) in [4.78, 5) is 30.8.